The summed E-state index contributed by atoms with van der Waals surface area (Å²) in [4.78, 5) is 0. The van der Waals surface area contributed by atoms with Crippen LogP contribution in [0.3, 0.4) is 0 Å². The zero-order chi connectivity index (χ0) is 5.49. The van der Waals surface area contributed by atoms with E-state index in [4.69, 9.17) is 0 Å². The first kappa shape index (κ1) is 5.56. The highest BCUT2D eigenvalue weighted by Crippen LogP contribution is 2.52. The second-order valence-corrected chi connectivity index (χ2v) is 4.13. The molecule has 42 valence electrons. The molecule has 0 aliphatic heterocycles. The van der Waals surface area contributed by atoms with E-state index in [0.717, 1.165) is 5.92 Å². The Labute approximate surface area is 47.9 Å². The van der Waals surface area contributed by atoms with Crippen LogP contribution in [0.2, 0.25) is 0 Å². The second kappa shape index (κ2) is 1.45. The van der Waals surface area contributed by atoms with Crippen LogP contribution >= 0.6 is 9.24 Å². The Morgan fingerprint density at radius 3 is 2.29 bits per heavy atom. The molecule has 0 aromatic rings. The predicted molar refractivity (Wildman–Crippen MR) is 36.5 cm³/mol. The monoisotopic (exact) mass is 116 g/mol. The molecule has 0 saturated heterocycles. The number of rotatable bonds is 1. The van der Waals surface area contributed by atoms with Crippen molar-refractivity contribution in [1.29, 1.82) is 0 Å². The van der Waals surface area contributed by atoms with E-state index in [0.29, 0.717) is 5.16 Å². The third-order valence-corrected chi connectivity index (χ3v) is 2.66. The van der Waals surface area contributed by atoms with Gasteiger partial charge in [-0.3, -0.25) is 0 Å². The van der Waals surface area contributed by atoms with E-state index >= 15 is 0 Å². The summed E-state index contributed by atoms with van der Waals surface area (Å²) >= 11 is 0. The lowest BCUT2D eigenvalue weighted by Crippen LogP contribution is -1.89. The average Bonchev–Trinajstić information content (AvgIpc) is 2.13. The Kier molecular flexibility index (Phi) is 1.15. The number of hydrogen-bond acceptors (Lipinski definition) is 0. The lowest BCUT2D eigenvalue weighted by molar-refractivity contribution is 0.749. The molecule has 1 aliphatic carbocycles. The third kappa shape index (κ3) is 0.966. The van der Waals surface area contributed by atoms with Gasteiger partial charge in [0.2, 0.25) is 0 Å². The van der Waals surface area contributed by atoms with E-state index in [1.165, 1.54) is 12.8 Å². The summed E-state index contributed by atoms with van der Waals surface area (Å²) in [5.41, 5.74) is 0. The topological polar surface area (TPSA) is 0 Å². The Morgan fingerprint density at radius 1 is 1.86 bits per heavy atom. The van der Waals surface area contributed by atoms with E-state index < -0.39 is 0 Å². The molecule has 0 bridgehead atoms. The Hall–Kier alpha value is 0.430. The van der Waals surface area contributed by atoms with E-state index in [-0.39, 0.29) is 0 Å². The van der Waals surface area contributed by atoms with Crippen LogP contribution in [0, 0.1) is 5.92 Å². The highest BCUT2D eigenvalue weighted by molar-refractivity contribution is 7.19. The van der Waals surface area contributed by atoms with E-state index in [1.54, 1.807) is 0 Å². The van der Waals surface area contributed by atoms with Crippen LogP contribution < -0.4 is 0 Å². The predicted octanol–water partition coefficient (Wildman–Crippen LogP) is 2.05. The van der Waals surface area contributed by atoms with Crippen molar-refractivity contribution in [2.75, 3.05) is 0 Å². The van der Waals surface area contributed by atoms with Gasteiger partial charge < -0.3 is 0 Å². The van der Waals surface area contributed by atoms with Gasteiger partial charge in [0.15, 0.2) is 0 Å². The van der Waals surface area contributed by atoms with E-state index in [2.05, 4.69) is 23.1 Å². The van der Waals surface area contributed by atoms with Crippen molar-refractivity contribution in [1.82, 2.24) is 0 Å². The van der Waals surface area contributed by atoms with Crippen LogP contribution in [0.15, 0.2) is 0 Å². The standard InChI is InChI=1S/C6H13P/c1-3-5-4-6(5,2)7/h5H,3-4,7H2,1-2H3. The fourth-order valence-electron chi connectivity index (χ4n) is 1.08. The minimum atomic E-state index is 0.634. The Bertz CT molecular complexity index is 76.2. The molecular weight excluding hydrogens is 103 g/mol. The lowest BCUT2D eigenvalue weighted by atomic mass is 10.3. The van der Waals surface area contributed by atoms with Crippen molar-refractivity contribution in [3.63, 3.8) is 0 Å². The Balaban J connectivity index is 2.30. The summed E-state index contributed by atoms with van der Waals surface area (Å²) in [5.74, 6) is 1.01. The zero-order valence-electron chi connectivity index (χ0n) is 5.07. The van der Waals surface area contributed by atoms with Gasteiger partial charge in [-0.15, -0.1) is 9.24 Å². The zero-order valence-corrected chi connectivity index (χ0v) is 6.22. The first-order valence-corrected chi connectivity index (χ1v) is 3.53. The molecule has 0 amide bonds. The van der Waals surface area contributed by atoms with Crippen LogP contribution in [0.1, 0.15) is 26.7 Å². The Morgan fingerprint density at radius 2 is 2.29 bits per heavy atom. The third-order valence-electron chi connectivity index (χ3n) is 1.95. The molecule has 1 aliphatic rings. The molecular formula is C6H13P. The maximum Gasteiger partial charge on any atom is -0.0147 e. The molecule has 0 spiro atoms. The highest BCUT2D eigenvalue weighted by atomic mass is 31.0. The summed E-state index contributed by atoms with van der Waals surface area (Å²) in [6, 6.07) is 0. The maximum atomic E-state index is 2.91. The quantitative estimate of drug-likeness (QED) is 0.460. The molecule has 1 heteroatoms. The molecule has 0 N–H and O–H groups in total. The second-order valence-electron chi connectivity index (χ2n) is 2.82. The van der Waals surface area contributed by atoms with Gasteiger partial charge in [-0.2, -0.15) is 0 Å². The highest BCUT2D eigenvalue weighted by Gasteiger charge is 2.43. The lowest BCUT2D eigenvalue weighted by Gasteiger charge is -1.95. The molecule has 3 atom stereocenters. The molecule has 0 nitrogen and oxygen atoms in total. The smallest absolute Gasteiger partial charge is 0.0147 e. The molecule has 1 rings (SSSR count). The molecule has 1 saturated carbocycles. The SMILES string of the molecule is CCC1CC1(C)P. The average molecular weight is 116 g/mol. The normalized spacial score (nSPS) is 49.3. The molecule has 0 aromatic carbocycles. The van der Waals surface area contributed by atoms with Gasteiger partial charge in [0, 0.05) is 0 Å². The molecule has 0 heterocycles. The van der Waals surface area contributed by atoms with Crippen LogP contribution in [0.25, 0.3) is 0 Å². The van der Waals surface area contributed by atoms with Crippen LogP contribution in [0.5, 0.6) is 0 Å². The van der Waals surface area contributed by atoms with Gasteiger partial charge in [-0.1, -0.05) is 20.3 Å². The van der Waals surface area contributed by atoms with Gasteiger partial charge in [-0.25, -0.2) is 0 Å². The fraction of sp³-hybridized carbons (Fsp3) is 1.00. The van der Waals surface area contributed by atoms with Gasteiger partial charge in [0.1, 0.15) is 0 Å². The van der Waals surface area contributed by atoms with Crippen molar-refractivity contribution >= 4 is 9.24 Å². The molecule has 0 radical (unpaired) electrons. The summed E-state index contributed by atoms with van der Waals surface area (Å²) in [5, 5.41) is 0.634. The van der Waals surface area contributed by atoms with Gasteiger partial charge in [0.25, 0.3) is 0 Å². The van der Waals surface area contributed by atoms with Crippen molar-refractivity contribution in [3.8, 4) is 0 Å². The first-order valence-electron chi connectivity index (χ1n) is 2.95. The number of hydrogen-bond donors (Lipinski definition) is 0. The van der Waals surface area contributed by atoms with Crippen LogP contribution in [0.4, 0.5) is 0 Å². The van der Waals surface area contributed by atoms with Crippen LogP contribution in [-0.4, -0.2) is 5.16 Å². The minimum Gasteiger partial charge on any atom is -0.131 e. The van der Waals surface area contributed by atoms with E-state index in [1.807, 2.05) is 0 Å². The molecule has 7 heavy (non-hydrogen) atoms. The first-order chi connectivity index (χ1) is 3.17. The largest absolute Gasteiger partial charge is 0.131 e. The van der Waals surface area contributed by atoms with Crippen molar-refractivity contribution in [2.24, 2.45) is 5.92 Å². The summed E-state index contributed by atoms with van der Waals surface area (Å²) < 4.78 is 0. The van der Waals surface area contributed by atoms with Crippen molar-refractivity contribution < 1.29 is 0 Å². The van der Waals surface area contributed by atoms with E-state index in [9.17, 15) is 0 Å². The summed E-state index contributed by atoms with van der Waals surface area (Å²) in [6.07, 6.45) is 2.79. The fourth-order valence-corrected chi connectivity index (χ4v) is 1.60. The van der Waals surface area contributed by atoms with Crippen LogP contribution in [-0.2, 0) is 0 Å². The molecule has 3 unspecified atom stereocenters. The molecule has 0 aromatic heterocycles. The summed E-state index contributed by atoms with van der Waals surface area (Å²) in [7, 11) is 2.91. The van der Waals surface area contributed by atoms with Crippen molar-refractivity contribution in [2.45, 2.75) is 31.8 Å². The van der Waals surface area contributed by atoms with Gasteiger partial charge >= 0.3 is 0 Å². The summed E-state index contributed by atoms with van der Waals surface area (Å²) in [6.45, 7) is 4.58. The van der Waals surface area contributed by atoms with Gasteiger partial charge in [-0.05, 0) is 17.5 Å². The van der Waals surface area contributed by atoms with Crippen molar-refractivity contribution in [3.05, 3.63) is 0 Å². The molecule has 1 fully saturated rings. The maximum absolute atomic E-state index is 2.91. The van der Waals surface area contributed by atoms with Gasteiger partial charge in [0.05, 0.1) is 0 Å². The minimum absolute atomic E-state index is 0.634.